The van der Waals surface area contributed by atoms with Crippen molar-refractivity contribution in [1.82, 2.24) is 14.7 Å². The standard InChI is InChI=1S/C15H26BrN3/c1-5-12-15(16)14(19(4)17-12)10-18(3)13-9-7-6-8-11(13)2/h11,13H,5-10H2,1-4H3. The Labute approximate surface area is 125 Å². The van der Waals surface area contributed by atoms with E-state index in [1.807, 2.05) is 4.68 Å². The van der Waals surface area contributed by atoms with E-state index in [1.54, 1.807) is 0 Å². The Morgan fingerprint density at radius 3 is 2.63 bits per heavy atom. The Hall–Kier alpha value is -0.350. The molecule has 2 rings (SSSR count). The first-order valence-corrected chi connectivity index (χ1v) is 8.24. The molecular formula is C15H26BrN3. The molecule has 2 atom stereocenters. The first-order chi connectivity index (χ1) is 9.04. The molecule has 0 N–H and O–H groups in total. The van der Waals surface area contributed by atoms with E-state index in [2.05, 4.69) is 53.9 Å². The molecule has 1 aromatic rings. The summed E-state index contributed by atoms with van der Waals surface area (Å²) in [5, 5.41) is 4.59. The molecule has 1 aliphatic carbocycles. The van der Waals surface area contributed by atoms with Gasteiger partial charge in [-0.3, -0.25) is 9.58 Å². The summed E-state index contributed by atoms with van der Waals surface area (Å²) in [6, 6.07) is 0.723. The lowest BCUT2D eigenvalue weighted by molar-refractivity contribution is 0.130. The Bertz CT molecular complexity index is 427. The van der Waals surface area contributed by atoms with Crippen LogP contribution in [0.25, 0.3) is 0 Å². The van der Waals surface area contributed by atoms with Crippen molar-refractivity contribution in [3.63, 3.8) is 0 Å². The summed E-state index contributed by atoms with van der Waals surface area (Å²) in [4.78, 5) is 2.52. The van der Waals surface area contributed by atoms with Crippen LogP contribution in [0.2, 0.25) is 0 Å². The minimum Gasteiger partial charge on any atom is -0.297 e. The van der Waals surface area contributed by atoms with E-state index >= 15 is 0 Å². The second-order valence-electron chi connectivity index (χ2n) is 5.93. The fraction of sp³-hybridized carbons (Fsp3) is 0.800. The van der Waals surface area contributed by atoms with Crippen LogP contribution in [0.1, 0.15) is 50.9 Å². The van der Waals surface area contributed by atoms with Crippen LogP contribution >= 0.6 is 15.9 Å². The molecule has 0 saturated heterocycles. The third-order valence-electron chi connectivity index (χ3n) is 4.53. The van der Waals surface area contributed by atoms with Crippen molar-refractivity contribution < 1.29 is 0 Å². The van der Waals surface area contributed by atoms with Gasteiger partial charge in [0, 0.05) is 19.6 Å². The van der Waals surface area contributed by atoms with Crippen LogP contribution in [0.4, 0.5) is 0 Å². The zero-order valence-corrected chi connectivity index (χ0v) is 14.2. The molecule has 2 unspecified atom stereocenters. The van der Waals surface area contributed by atoms with Crippen LogP contribution < -0.4 is 0 Å². The molecule has 0 aromatic carbocycles. The minimum absolute atomic E-state index is 0.723. The molecule has 3 nitrogen and oxygen atoms in total. The first kappa shape index (κ1) is 15.0. The van der Waals surface area contributed by atoms with E-state index in [-0.39, 0.29) is 0 Å². The molecule has 0 bridgehead atoms. The van der Waals surface area contributed by atoms with Crippen LogP contribution in [0.15, 0.2) is 4.47 Å². The monoisotopic (exact) mass is 327 g/mol. The van der Waals surface area contributed by atoms with Crippen LogP contribution in [0, 0.1) is 5.92 Å². The third-order valence-corrected chi connectivity index (χ3v) is 5.45. The van der Waals surface area contributed by atoms with Crippen molar-refractivity contribution in [2.75, 3.05) is 7.05 Å². The Kier molecular flexibility index (Phi) is 5.07. The Morgan fingerprint density at radius 2 is 2.05 bits per heavy atom. The Balaban J connectivity index is 2.10. The van der Waals surface area contributed by atoms with Gasteiger partial charge < -0.3 is 0 Å². The summed E-state index contributed by atoms with van der Waals surface area (Å²) in [6.45, 7) is 5.54. The van der Waals surface area contributed by atoms with Gasteiger partial charge in [-0.1, -0.05) is 26.7 Å². The molecule has 108 valence electrons. The maximum absolute atomic E-state index is 4.59. The van der Waals surface area contributed by atoms with Crippen LogP contribution in [-0.2, 0) is 20.0 Å². The smallest absolute Gasteiger partial charge is 0.0767 e. The van der Waals surface area contributed by atoms with E-state index < -0.39 is 0 Å². The third kappa shape index (κ3) is 3.22. The highest BCUT2D eigenvalue weighted by molar-refractivity contribution is 9.10. The molecule has 4 heteroatoms. The molecule has 0 amide bonds. The summed E-state index contributed by atoms with van der Waals surface area (Å²) in [5.74, 6) is 0.816. The number of nitrogens with zero attached hydrogens (tertiary/aromatic N) is 3. The van der Waals surface area contributed by atoms with Gasteiger partial charge in [0.15, 0.2) is 0 Å². The van der Waals surface area contributed by atoms with Crippen molar-refractivity contribution in [1.29, 1.82) is 0 Å². The van der Waals surface area contributed by atoms with Crippen molar-refractivity contribution in [3.8, 4) is 0 Å². The highest BCUT2D eigenvalue weighted by Crippen LogP contribution is 2.30. The summed E-state index contributed by atoms with van der Waals surface area (Å²) < 4.78 is 3.24. The average Bonchev–Trinajstić information content (AvgIpc) is 2.66. The van der Waals surface area contributed by atoms with Gasteiger partial charge in [0.05, 0.1) is 15.9 Å². The highest BCUT2D eigenvalue weighted by Gasteiger charge is 2.26. The SMILES string of the molecule is CCc1nn(C)c(CN(C)C2CCCCC2C)c1Br. The number of hydrogen-bond acceptors (Lipinski definition) is 2. The molecule has 1 fully saturated rings. The largest absolute Gasteiger partial charge is 0.297 e. The van der Waals surface area contributed by atoms with Crippen molar-refractivity contribution >= 4 is 15.9 Å². The van der Waals surface area contributed by atoms with Gasteiger partial charge in [-0.05, 0) is 48.2 Å². The second kappa shape index (κ2) is 6.40. The number of rotatable bonds is 4. The van der Waals surface area contributed by atoms with Gasteiger partial charge in [0.25, 0.3) is 0 Å². The van der Waals surface area contributed by atoms with Gasteiger partial charge in [0.2, 0.25) is 0 Å². The zero-order chi connectivity index (χ0) is 14.0. The fourth-order valence-electron chi connectivity index (χ4n) is 3.30. The number of hydrogen-bond donors (Lipinski definition) is 0. The van der Waals surface area contributed by atoms with Gasteiger partial charge >= 0.3 is 0 Å². The molecule has 19 heavy (non-hydrogen) atoms. The summed E-state index contributed by atoms with van der Waals surface area (Å²) in [5.41, 5.74) is 2.47. The lowest BCUT2D eigenvalue weighted by Crippen LogP contribution is -2.38. The van der Waals surface area contributed by atoms with Gasteiger partial charge in [-0.2, -0.15) is 5.10 Å². The topological polar surface area (TPSA) is 21.1 Å². The number of halogens is 1. The first-order valence-electron chi connectivity index (χ1n) is 7.45. The average molecular weight is 328 g/mol. The summed E-state index contributed by atoms with van der Waals surface area (Å²) >= 11 is 3.72. The van der Waals surface area contributed by atoms with E-state index in [9.17, 15) is 0 Å². The predicted molar refractivity (Wildman–Crippen MR) is 83.2 cm³/mol. The molecule has 0 aliphatic heterocycles. The van der Waals surface area contributed by atoms with E-state index in [1.165, 1.54) is 41.5 Å². The molecule has 1 aliphatic rings. The van der Waals surface area contributed by atoms with E-state index in [0.29, 0.717) is 0 Å². The van der Waals surface area contributed by atoms with Crippen molar-refractivity contribution in [2.45, 2.75) is 58.5 Å². The maximum atomic E-state index is 4.59. The van der Waals surface area contributed by atoms with Gasteiger partial charge in [-0.25, -0.2) is 0 Å². The van der Waals surface area contributed by atoms with Gasteiger partial charge in [-0.15, -0.1) is 0 Å². The molecule has 1 aromatic heterocycles. The normalized spacial score (nSPS) is 24.1. The van der Waals surface area contributed by atoms with E-state index in [4.69, 9.17) is 0 Å². The quantitative estimate of drug-likeness (QED) is 0.839. The fourth-order valence-corrected chi connectivity index (χ4v) is 4.04. The lowest BCUT2D eigenvalue weighted by atomic mass is 9.85. The molecule has 0 radical (unpaired) electrons. The van der Waals surface area contributed by atoms with Crippen LogP contribution in [0.3, 0.4) is 0 Å². The highest BCUT2D eigenvalue weighted by atomic mass is 79.9. The number of aromatic nitrogens is 2. The molecule has 1 saturated carbocycles. The second-order valence-corrected chi connectivity index (χ2v) is 6.72. The van der Waals surface area contributed by atoms with Gasteiger partial charge in [0.1, 0.15) is 0 Å². The summed E-state index contributed by atoms with van der Waals surface area (Å²) in [7, 11) is 4.31. The Morgan fingerprint density at radius 1 is 1.37 bits per heavy atom. The van der Waals surface area contributed by atoms with Crippen molar-refractivity contribution in [3.05, 3.63) is 15.9 Å². The molecule has 0 spiro atoms. The van der Waals surface area contributed by atoms with Crippen LogP contribution in [0.5, 0.6) is 0 Å². The van der Waals surface area contributed by atoms with E-state index in [0.717, 1.165) is 24.9 Å². The maximum Gasteiger partial charge on any atom is 0.0767 e. The molecule has 1 heterocycles. The number of aryl methyl sites for hydroxylation is 2. The minimum atomic E-state index is 0.723. The lowest BCUT2D eigenvalue weighted by Gasteiger charge is -2.36. The van der Waals surface area contributed by atoms with Crippen molar-refractivity contribution in [2.24, 2.45) is 13.0 Å². The molecular weight excluding hydrogens is 302 g/mol. The summed E-state index contributed by atoms with van der Waals surface area (Å²) in [6.07, 6.45) is 6.49. The zero-order valence-electron chi connectivity index (χ0n) is 12.6. The van der Waals surface area contributed by atoms with Crippen LogP contribution in [-0.4, -0.2) is 27.8 Å². The predicted octanol–water partition coefficient (Wildman–Crippen LogP) is 3.76.